The van der Waals surface area contributed by atoms with Gasteiger partial charge < -0.3 is 14.4 Å². The lowest BCUT2D eigenvalue weighted by molar-refractivity contribution is -0.148. The van der Waals surface area contributed by atoms with E-state index in [-0.39, 0.29) is 24.4 Å². The molecule has 1 aliphatic rings. The fourth-order valence-electron chi connectivity index (χ4n) is 3.49. The maximum atomic E-state index is 12.4. The molecule has 0 unspecified atom stereocenters. The highest BCUT2D eigenvalue weighted by atomic mass is 16.6. The molecule has 29 heavy (non-hydrogen) atoms. The molecular weight excluding hydrogens is 370 g/mol. The minimum Gasteiger partial charge on any atom is -0.481 e. The van der Waals surface area contributed by atoms with Gasteiger partial charge >= 0.3 is 5.97 Å². The van der Waals surface area contributed by atoms with Crippen LogP contribution in [0.5, 0.6) is 5.75 Å². The van der Waals surface area contributed by atoms with Crippen molar-refractivity contribution in [2.45, 2.75) is 19.3 Å². The average Bonchev–Trinajstić information content (AvgIpc) is 2.92. The van der Waals surface area contributed by atoms with Crippen LogP contribution in [0, 0.1) is 0 Å². The van der Waals surface area contributed by atoms with Crippen molar-refractivity contribution < 1.29 is 23.9 Å². The lowest BCUT2D eigenvalue weighted by Gasteiger charge is -2.23. The first-order valence-electron chi connectivity index (χ1n) is 9.25. The second kappa shape index (κ2) is 8.31. The Balaban J connectivity index is 1.58. The normalized spacial score (nSPS) is 15.7. The molecule has 0 atom stereocenters. The van der Waals surface area contributed by atoms with Crippen LogP contribution in [-0.4, -0.2) is 38.3 Å². The van der Waals surface area contributed by atoms with Gasteiger partial charge in [0.05, 0.1) is 5.56 Å². The van der Waals surface area contributed by atoms with E-state index in [0.29, 0.717) is 17.6 Å². The summed E-state index contributed by atoms with van der Waals surface area (Å²) in [6.45, 7) is 3.35. The summed E-state index contributed by atoms with van der Waals surface area (Å²) in [6.07, 6.45) is 2.17. The number of ether oxygens (including phenoxy) is 2. The number of esters is 1. The van der Waals surface area contributed by atoms with E-state index in [4.69, 9.17) is 9.47 Å². The van der Waals surface area contributed by atoms with Crippen molar-refractivity contribution in [1.82, 2.24) is 0 Å². The molecule has 2 aromatic carbocycles. The van der Waals surface area contributed by atoms with Crippen LogP contribution in [0.15, 0.2) is 60.3 Å². The Bertz CT molecular complexity index is 977. The summed E-state index contributed by atoms with van der Waals surface area (Å²) in [4.78, 5) is 37.2. The van der Waals surface area contributed by atoms with Gasteiger partial charge in [0.25, 0.3) is 0 Å². The van der Waals surface area contributed by atoms with Crippen molar-refractivity contribution in [2.24, 2.45) is 0 Å². The van der Waals surface area contributed by atoms with E-state index in [1.54, 1.807) is 24.3 Å². The lowest BCUT2D eigenvalue weighted by atomic mass is 9.83. The van der Waals surface area contributed by atoms with Gasteiger partial charge in [-0.15, -0.1) is 0 Å². The van der Waals surface area contributed by atoms with E-state index in [1.165, 1.54) is 6.08 Å². The zero-order chi connectivity index (χ0) is 21.0. The van der Waals surface area contributed by atoms with Crippen LogP contribution in [0.2, 0.25) is 0 Å². The molecule has 0 aliphatic carbocycles. The van der Waals surface area contributed by atoms with Crippen LogP contribution in [0.1, 0.15) is 29.8 Å². The first-order valence-corrected chi connectivity index (χ1v) is 9.25. The van der Waals surface area contributed by atoms with Crippen LogP contribution in [0.25, 0.3) is 0 Å². The van der Waals surface area contributed by atoms with Crippen molar-refractivity contribution >= 4 is 23.7 Å². The Morgan fingerprint density at radius 1 is 1.03 bits per heavy atom. The minimum atomic E-state index is -0.681. The zero-order valence-corrected chi connectivity index (χ0v) is 16.7. The molecule has 1 heterocycles. The zero-order valence-electron chi connectivity index (χ0n) is 16.7. The molecule has 0 radical (unpaired) electrons. The third-order valence-electron chi connectivity index (χ3n) is 5.01. The number of ketones is 1. The molecule has 0 fully saturated rings. The van der Waals surface area contributed by atoms with Gasteiger partial charge in [-0.05, 0) is 23.8 Å². The number of benzene rings is 2. The summed E-state index contributed by atoms with van der Waals surface area (Å²) in [7, 11) is 1.91. The third kappa shape index (κ3) is 4.21. The fourth-order valence-corrected chi connectivity index (χ4v) is 3.49. The SMILES string of the molecule is CN1/C(=C\C(=O)COC(=O)COc2ccccc2C=O)C(C)(C)c2ccccc21. The number of likely N-dealkylation sites (N-methyl/N-ethyl adjacent to an activating group) is 1. The molecule has 0 saturated heterocycles. The summed E-state index contributed by atoms with van der Waals surface area (Å²) in [5.41, 5.74) is 3.05. The molecule has 3 rings (SSSR count). The molecule has 0 N–H and O–H groups in total. The number of carbonyl (C=O) groups is 3. The van der Waals surface area contributed by atoms with Crippen LogP contribution < -0.4 is 9.64 Å². The Hall–Kier alpha value is -3.41. The molecule has 0 amide bonds. The van der Waals surface area contributed by atoms with Crippen molar-refractivity contribution in [3.63, 3.8) is 0 Å². The Kier molecular flexibility index (Phi) is 5.82. The lowest BCUT2D eigenvalue weighted by Crippen LogP contribution is -2.25. The molecule has 6 nitrogen and oxygen atoms in total. The number of fused-ring (bicyclic) bond motifs is 1. The van der Waals surface area contributed by atoms with Gasteiger partial charge in [-0.25, -0.2) is 4.79 Å². The van der Waals surface area contributed by atoms with Crippen molar-refractivity contribution in [3.8, 4) is 5.75 Å². The maximum absolute atomic E-state index is 12.4. The predicted molar refractivity (Wildman–Crippen MR) is 109 cm³/mol. The van der Waals surface area contributed by atoms with E-state index < -0.39 is 5.97 Å². The van der Waals surface area contributed by atoms with E-state index in [0.717, 1.165) is 16.9 Å². The smallest absolute Gasteiger partial charge is 0.344 e. The number of allylic oxidation sites excluding steroid dienone is 1. The predicted octanol–water partition coefficient (Wildman–Crippen LogP) is 3.30. The van der Waals surface area contributed by atoms with Crippen LogP contribution >= 0.6 is 0 Å². The van der Waals surface area contributed by atoms with Crippen LogP contribution in [0.4, 0.5) is 5.69 Å². The third-order valence-corrected chi connectivity index (χ3v) is 5.01. The Morgan fingerprint density at radius 2 is 1.72 bits per heavy atom. The van der Waals surface area contributed by atoms with Crippen molar-refractivity contribution in [1.29, 1.82) is 0 Å². The number of carbonyl (C=O) groups excluding carboxylic acids is 3. The highest BCUT2D eigenvalue weighted by molar-refractivity contribution is 5.94. The minimum absolute atomic E-state index is 0.292. The van der Waals surface area contributed by atoms with Crippen LogP contribution in [0.3, 0.4) is 0 Å². The van der Waals surface area contributed by atoms with Gasteiger partial charge in [-0.1, -0.05) is 44.2 Å². The second-order valence-corrected chi connectivity index (χ2v) is 7.30. The summed E-state index contributed by atoms with van der Waals surface area (Å²) < 4.78 is 10.3. The number of aldehydes is 1. The van der Waals surface area contributed by atoms with Crippen molar-refractivity contribution in [3.05, 3.63) is 71.4 Å². The van der Waals surface area contributed by atoms with Gasteiger partial charge in [0.2, 0.25) is 0 Å². The number of hydrogen-bond donors (Lipinski definition) is 0. The topological polar surface area (TPSA) is 72.9 Å². The van der Waals surface area contributed by atoms with Gasteiger partial charge in [0, 0.05) is 29.9 Å². The van der Waals surface area contributed by atoms with Gasteiger partial charge in [-0.3, -0.25) is 9.59 Å². The van der Waals surface area contributed by atoms with E-state index in [1.807, 2.05) is 36.2 Å². The number of anilines is 1. The molecule has 1 aliphatic heterocycles. The first-order chi connectivity index (χ1) is 13.8. The first kappa shape index (κ1) is 20.3. The van der Waals surface area contributed by atoms with E-state index >= 15 is 0 Å². The summed E-state index contributed by atoms with van der Waals surface area (Å²) >= 11 is 0. The molecule has 0 spiro atoms. The number of para-hydroxylation sites is 2. The summed E-state index contributed by atoms with van der Waals surface area (Å²) in [5, 5.41) is 0. The highest BCUT2D eigenvalue weighted by Gasteiger charge is 2.38. The molecule has 0 aromatic heterocycles. The Labute approximate surface area is 169 Å². The van der Waals surface area contributed by atoms with Gasteiger partial charge in [-0.2, -0.15) is 0 Å². The molecular formula is C23H23NO5. The quantitative estimate of drug-likeness (QED) is 0.408. The number of rotatable bonds is 7. The molecule has 6 heteroatoms. The number of nitrogens with zero attached hydrogens (tertiary/aromatic N) is 1. The molecule has 150 valence electrons. The van der Waals surface area contributed by atoms with Gasteiger partial charge in [0.1, 0.15) is 5.75 Å². The van der Waals surface area contributed by atoms with Gasteiger partial charge in [0.15, 0.2) is 25.3 Å². The summed E-state index contributed by atoms with van der Waals surface area (Å²) in [6, 6.07) is 14.6. The molecule has 0 saturated carbocycles. The van der Waals surface area contributed by atoms with E-state index in [9.17, 15) is 14.4 Å². The van der Waals surface area contributed by atoms with Crippen molar-refractivity contribution in [2.75, 3.05) is 25.2 Å². The average molecular weight is 393 g/mol. The monoisotopic (exact) mass is 393 g/mol. The fraction of sp³-hybridized carbons (Fsp3) is 0.261. The van der Waals surface area contributed by atoms with E-state index in [2.05, 4.69) is 13.8 Å². The maximum Gasteiger partial charge on any atom is 0.344 e. The summed E-state index contributed by atoms with van der Waals surface area (Å²) in [5.74, 6) is -0.700. The largest absolute Gasteiger partial charge is 0.481 e. The standard InChI is InChI=1S/C23H23NO5/c1-23(2)18-9-5-6-10-19(18)24(3)21(23)12-17(26)14-29-22(27)15-28-20-11-7-4-8-16(20)13-25/h4-13H,14-15H2,1-3H3/b21-12-. The Morgan fingerprint density at radius 3 is 2.45 bits per heavy atom. The molecule has 2 aromatic rings. The molecule has 0 bridgehead atoms. The number of hydrogen-bond acceptors (Lipinski definition) is 6. The second-order valence-electron chi connectivity index (χ2n) is 7.30. The highest BCUT2D eigenvalue weighted by Crippen LogP contribution is 2.46. The van der Waals surface area contributed by atoms with Crippen LogP contribution in [-0.2, 0) is 19.7 Å².